The molecule has 1 aliphatic rings. The third-order valence-electron chi connectivity index (χ3n) is 1.12. The number of hydrogen-bond acceptors (Lipinski definition) is 1. The van der Waals surface area contributed by atoms with Crippen LogP contribution in [0.2, 0.25) is 0 Å². The molecule has 1 atom stereocenters. The van der Waals surface area contributed by atoms with E-state index in [1.54, 1.807) is 0 Å². The average Bonchev–Trinajstić information content (AvgIpc) is 1.80. The van der Waals surface area contributed by atoms with Crippen LogP contribution in [0, 0.1) is 0 Å². The summed E-state index contributed by atoms with van der Waals surface area (Å²) in [5.41, 5.74) is 0. The summed E-state index contributed by atoms with van der Waals surface area (Å²) in [4.78, 5) is 0. The molecule has 0 aromatic heterocycles. The first-order chi connectivity index (χ1) is 4.20. The van der Waals surface area contributed by atoms with Crippen LogP contribution in [0.3, 0.4) is 0 Å². The first kappa shape index (κ1) is 6.26. The van der Waals surface area contributed by atoms with Crippen molar-refractivity contribution in [1.82, 2.24) is 0 Å². The number of aliphatic hydroxyl groups excluding tert-OH is 1. The highest BCUT2D eigenvalue weighted by molar-refractivity contribution is 5.21. The van der Waals surface area contributed by atoms with Gasteiger partial charge in [-0.05, 0) is 12.2 Å². The van der Waals surface area contributed by atoms with Crippen LogP contribution in [0.4, 0.5) is 8.78 Å². The maximum absolute atomic E-state index is 12.2. The van der Waals surface area contributed by atoms with Gasteiger partial charge in [0.2, 0.25) is 0 Å². The fourth-order valence-corrected chi connectivity index (χ4v) is 0.635. The van der Waals surface area contributed by atoms with Gasteiger partial charge in [0.1, 0.15) is 11.9 Å². The molecule has 3 heteroatoms. The van der Waals surface area contributed by atoms with Gasteiger partial charge >= 0.3 is 0 Å². The van der Waals surface area contributed by atoms with Crippen LogP contribution in [-0.2, 0) is 0 Å². The van der Waals surface area contributed by atoms with Gasteiger partial charge in [-0.1, -0.05) is 0 Å². The molecule has 0 fully saturated rings. The predicted octanol–water partition coefficient (Wildman–Crippen LogP) is 2.02. The highest BCUT2D eigenvalue weighted by Gasteiger charge is 2.13. The number of aliphatic hydroxyl groups is 1. The third kappa shape index (κ3) is 1.28. The molecule has 1 rings (SSSR count). The molecule has 0 amide bonds. The fraction of sp³-hybridized carbons (Fsp3) is 0.333. The SMILES string of the molecule is OC1=C(F)C=CC(F)C1. The molecule has 1 unspecified atom stereocenters. The average molecular weight is 132 g/mol. The number of allylic oxidation sites excluding steroid dienone is 4. The lowest BCUT2D eigenvalue weighted by Crippen LogP contribution is -2.02. The Balaban J connectivity index is 2.75. The Hall–Kier alpha value is -0.860. The highest BCUT2D eigenvalue weighted by atomic mass is 19.1. The van der Waals surface area contributed by atoms with Crippen molar-refractivity contribution in [3.8, 4) is 0 Å². The zero-order valence-corrected chi connectivity index (χ0v) is 4.64. The summed E-state index contributed by atoms with van der Waals surface area (Å²) >= 11 is 0. The van der Waals surface area contributed by atoms with Crippen molar-refractivity contribution in [3.05, 3.63) is 23.7 Å². The lowest BCUT2D eigenvalue weighted by atomic mass is 10.1. The summed E-state index contributed by atoms with van der Waals surface area (Å²) < 4.78 is 24.3. The van der Waals surface area contributed by atoms with E-state index in [1.807, 2.05) is 0 Å². The van der Waals surface area contributed by atoms with Crippen molar-refractivity contribution in [2.24, 2.45) is 0 Å². The van der Waals surface area contributed by atoms with Gasteiger partial charge in [-0.3, -0.25) is 0 Å². The van der Waals surface area contributed by atoms with E-state index in [9.17, 15) is 8.78 Å². The molecule has 0 radical (unpaired) electrons. The molecule has 0 bridgehead atoms. The standard InChI is InChI=1S/C6H6F2O/c7-4-1-2-5(8)6(9)3-4/h1-2,4,9H,3H2. The quantitative estimate of drug-likeness (QED) is 0.534. The molecular weight excluding hydrogens is 126 g/mol. The van der Waals surface area contributed by atoms with E-state index in [4.69, 9.17) is 5.11 Å². The van der Waals surface area contributed by atoms with Gasteiger partial charge in [-0.25, -0.2) is 8.78 Å². The molecule has 0 aromatic rings. The van der Waals surface area contributed by atoms with Gasteiger partial charge in [0.15, 0.2) is 5.83 Å². The molecule has 1 nitrogen and oxygen atoms in total. The number of rotatable bonds is 0. The summed E-state index contributed by atoms with van der Waals surface area (Å²) in [6.45, 7) is 0. The van der Waals surface area contributed by atoms with Crippen molar-refractivity contribution in [2.75, 3.05) is 0 Å². The number of hydrogen-bond donors (Lipinski definition) is 1. The Morgan fingerprint density at radius 1 is 1.67 bits per heavy atom. The first-order valence-electron chi connectivity index (χ1n) is 2.60. The van der Waals surface area contributed by atoms with E-state index in [1.165, 1.54) is 0 Å². The van der Waals surface area contributed by atoms with Crippen LogP contribution in [0.15, 0.2) is 23.7 Å². The Bertz CT molecular complexity index is 172. The van der Waals surface area contributed by atoms with Crippen molar-refractivity contribution in [3.63, 3.8) is 0 Å². The Morgan fingerprint density at radius 2 is 2.33 bits per heavy atom. The van der Waals surface area contributed by atoms with E-state index in [2.05, 4.69) is 0 Å². The van der Waals surface area contributed by atoms with Crippen LogP contribution in [0.5, 0.6) is 0 Å². The summed E-state index contributed by atoms with van der Waals surface area (Å²) in [5.74, 6) is -1.23. The van der Waals surface area contributed by atoms with Gasteiger partial charge in [0, 0.05) is 6.42 Å². The van der Waals surface area contributed by atoms with Gasteiger partial charge in [0.05, 0.1) is 0 Å². The minimum atomic E-state index is -1.23. The van der Waals surface area contributed by atoms with Crippen LogP contribution >= 0.6 is 0 Å². The number of halogens is 2. The molecule has 1 aliphatic carbocycles. The highest BCUT2D eigenvalue weighted by Crippen LogP contribution is 2.19. The van der Waals surface area contributed by atoms with E-state index in [0.29, 0.717) is 0 Å². The van der Waals surface area contributed by atoms with E-state index in [0.717, 1.165) is 12.2 Å². The third-order valence-corrected chi connectivity index (χ3v) is 1.12. The lowest BCUT2D eigenvalue weighted by molar-refractivity contribution is 0.298. The molecule has 0 saturated heterocycles. The first-order valence-corrected chi connectivity index (χ1v) is 2.60. The zero-order valence-electron chi connectivity index (χ0n) is 4.64. The second kappa shape index (κ2) is 2.17. The van der Waals surface area contributed by atoms with Crippen LogP contribution in [-0.4, -0.2) is 11.3 Å². The smallest absolute Gasteiger partial charge is 0.160 e. The van der Waals surface area contributed by atoms with E-state index >= 15 is 0 Å². The largest absolute Gasteiger partial charge is 0.509 e. The molecule has 1 N–H and O–H groups in total. The van der Waals surface area contributed by atoms with Gasteiger partial charge < -0.3 is 5.11 Å². The summed E-state index contributed by atoms with van der Waals surface area (Å²) in [6, 6.07) is 0. The maximum Gasteiger partial charge on any atom is 0.160 e. The molecule has 9 heavy (non-hydrogen) atoms. The van der Waals surface area contributed by atoms with Gasteiger partial charge in [-0.15, -0.1) is 0 Å². The lowest BCUT2D eigenvalue weighted by Gasteiger charge is -2.06. The normalized spacial score (nSPS) is 27.1. The summed E-state index contributed by atoms with van der Waals surface area (Å²) in [7, 11) is 0. The Labute approximate surface area is 51.3 Å². The van der Waals surface area contributed by atoms with Crippen LogP contribution < -0.4 is 0 Å². The molecular formula is C6H6F2O. The maximum atomic E-state index is 12.2. The molecule has 0 aliphatic heterocycles. The van der Waals surface area contributed by atoms with Crippen molar-refractivity contribution < 1.29 is 13.9 Å². The van der Waals surface area contributed by atoms with Crippen molar-refractivity contribution >= 4 is 0 Å². The Kier molecular flexibility index (Phi) is 1.51. The molecule has 0 heterocycles. The van der Waals surface area contributed by atoms with Gasteiger partial charge in [-0.2, -0.15) is 0 Å². The van der Waals surface area contributed by atoms with Crippen LogP contribution in [0.25, 0.3) is 0 Å². The predicted molar refractivity (Wildman–Crippen MR) is 29.4 cm³/mol. The fourth-order valence-electron chi connectivity index (χ4n) is 0.635. The number of alkyl halides is 1. The monoisotopic (exact) mass is 132 g/mol. The van der Waals surface area contributed by atoms with E-state index < -0.39 is 17.8 Å². The second-order valence-corrected chi connectivity index (χ2v) is 1.87. The van der Waals surface area contributed by atoms with Crippen molar-refractivity contribution in [2.45, 2.75) is 12.6 Å². The van der Waals surface area contributed by atoms with Crippen LogP contribution in [0.1, 0.15) is 6.42 Å². The Morgan fingerprint density at radius 3 is 2.78 bits per heavy atom. The second-order valence-electron chi connectivity index (χ2n) is 1.87. The molecule has 50 valence electrons. The molecule has 0 aromatic carbocycles. The summed E-state index contributed by atoms with van der Waals surface area (Å²) in [5, 5.41) is 8.56. The molecule has 0 saturated carbocycles. The van der Waals surface area contributed by atoms with E-state index in [-0.39, 0.29) is 6.42 Å². The molecule has 0 spiro atoms. The van der Waals surface area contributed by atoms with Crippen molar-refractivity contribution in [1.29, 1.82) is 0 Å². The topological polar surface area (TPSA) is 20.2 Å². The summed E-state index contributed by atoms with van der Waals surface area (Å²) in [6.07, 6.45) is 0.547. The van der Waals surface area contributed by atoms with Gasteiger partial charge in [0.25, 0.3) is 0 Å². The zero-order chi connectivity index (χ0) is 6.85. The minimum Gasteiger partial charge on any atom is -0.509 e. The minimum absolute atomic E-state index is 0.234.